The SMILES string of the molecule is O=C(Cl)C1CCN(C(=O)c2ccccc2Cl)CC1. The summed E-state index contributed by atoms with van der Waals surface area (Å²) in [5.74, 6) is -0.206. The molecule has 1 aromatic rings. The Labute approximate surface area is 116 Å². The first-order valence-electron chi connectivity index (χ1n) is 5.82. The van der Waals surface area contributed by atoms with Crippen LogP contribution in [0.2, 0.25) is 5.02 Å². The van der Waals surface area contributed by atoms with Crippen LogP contribution in [-0.2, 0) is 4.79 Å². The van der Waals surface area contributed by atoms with E-state index in [1.165, 1.54) is 0 Å². The minimum absolute atomic E-state index is 0.0823. The highest BCUT2D eigenvalue weighted by Gasteiger charge is 2.27. The summed E-state index contributed by atoms with van der Waals surface area (Å²) in [6, 6.07) is 6.99. The number of halogens is 2. The zero-order valence-corrected chi connectivity index (χ0v) is 11.2. The van der Waals surface area contributed by atoms with E-state index in [-0.39, 0.29) is 17.1 Å². The number of carbonyl (C=O) groups is 2. The van der Waals surface area contributed by atoms with E-state index in [4.69, 9.17) is 23.2 Å². The topological polar surface area (TPSA) is 37.4 Å². The maximum absolute atomic E-state index is 12.2. The Morgan fingerprint density at radius 2 is 1.78 bits per heavy atom. The number of hydrogen-bond acceptors (Lipinski definition) is 2. The van der Waals surface area contributed by atoms with Crippen molar-refractivity contribution in [1.29, 1.82) is 0 Å². The number of likely N-dealkylation sites (tertiary alicyclic amines) is 1. The normalized spacial score (nSPS) is 16.7. The van der Waals surface area contributed by atoms with Crippen molar-refractivity contribution in [2.75, 3.05) is 13.1 Å². The molecule has 0 unspecified atom stereocenters. The third-order valence-electron chi connectivity index (χ3n) is 3.21. The molecular formula is C13H13Cl2NO2. The number of rotatable bonds is 2. The summed E-state index contributed by atoms with van der Waals surface area (Å²) >= 11 is 11.5. The van der Waals surface area contributed by atoms with Crippen LogP contribution in [0.1, 0.15) is 23.2 Å². The summed E-state index contributed by atoms with van der Waals surface area (Å²) in [5, 5.41) is 0.151. The summed E-state index contributed by atoms with van der Waals surface area (Å²) < 4.78 is 0. The predicted molar refractivity (Wildman–Crippen MR) is 70.9 cm³/mol. The third-order valence-corrected chi connectivity index (χ3v) is 3.85. The van der Waals surface area contributed by atoms with Crippen LogP contribution < -0.4 is 0 Å². The van der Waals surface area contributed by atoms with Crippen LogP contribution in [0, 0.1) is 5.92 Å². The Bertz CT molecular complexity index is 468. The number of nitrogens with zero attached hydrogens (tertiary/aromatic N) is 1. The number of amides is 1. The lowest BCUT2D eigenvalue weighted by molar-refractivity contribution is -0.116. The zero-order chi connectivity index (χ0) is 13.1. The molecule has 18 heavy (non-hydrogen) atoms. The van der Waals surface area contributed by atoms with Gasteiger partial charge in [0.15, 0.2) is 0 Å². The Kier molecular flexibility index (Phi) is 4.25. The molecule has 1 aliphatic rings. The first-order valence-corrected chi connectivity index (χ1v) is 6.58. The van der Waals surface area contributed by atoms with Gasteiger partial charge >= 0.3 is 0 Å². The van der Waals surface area contributed by atoms with Crippen molar-refractivity contribution in [3.8, 4) is 0 Å². The monoisotopic (exact) mass is 285 g/mol. The summed E-state index contributed by atoms with van der Waals surface area (Å²) in [4.78, 5) is 25.0. The Balaban J connectivity index is 2.04. The summed E-state index contributed by atoms with van der Waals surface area (Å²) in [6.45, 7) is 1.10. The Hall–Kier alpha value is -1.06. The molecule has 0 spiro atoms. The van der Waals surface area contributed by atoms with Crippen LogP contribution in [0.25, 0.3) is 0 Å². The van der Waals surface area contributed by atoms with Gasteiger partial charge in [-0.25, -0.2) is 0 Å². The molecule has 1 amide bonds. The molecule has 5 heteroatoms. The highest BCUT2D eigenvalue weighted by molar-refractivity contribution is 6.64. The van der Waals surface area contributed by atoms with Gasteiger partial charge in [-0.2, -0.15) is 0 Å². The fraction of sp³-hybridized carbons (Fsp3) is 0.385. The van der Waals surface area contributed by atoms with Gasteiger partial charge in [-0.1, -0.05) is 23.7 Å². The zero-order valence-electron chi connectivity index (χ0n) is 9.73. The van der Waals surface area contributed by atoms with Gasteiger partial charge in [0, 0.05) is 19.0 Å². The van der Waals surface area contributed by atoms with Crippen LogP contribution in [0.3, 0.4) is 0 Å². The molecule has 1 aromatic carbocycles. The molecule has 0 bridgehead atoms. The number of hydrogen-bond donors (Lipinski definition) is 0. The van der Waals surface area contributed by atoms with Gasteiger partial charge in [0.05, 0.1) is 10.6 Å². The van der Waals surface area contributed by atoms with Gasteiger partial charge < -0.3 is 4.90 Å². The molecule has 0 N–H and O–H groups in total. The molecule has 96 valence electrons. The third kappa shape index (κ3) is 2.85. The van der Waals surface area contributed by atoms with E-state index in [1.54, 1.807) is 29.2 Å². The van der Waals surface area contributed by atoms with Crippen molar-refractivity contribution in [1.82, 2.24) is 4.90 Å². The highest BCUT2D eigenvalue weighted by atomic mass is 35.5. The molecule has 3 nitrogen and oxygen atoms in total. The summed E-state index contributed by atoms with van der Waals surface area (Å²) in [5.41, 5.74) is 0.509. The second-order valence-electron chi connectivity index (χ2n) is 4.35. The lowest BCUT2D eigenvalue weighted by Gasteiger charge is -2.30. The van der Waals surface area contributed by atoms with Crippen LogP contribution in [0.5, 0.6) is 0 Å². The average molecular weight is 286 g/mol. The van der Waals surface area contributed by atoms with Gasteiger partial charge in [0.1, 0.15) is 0 Å². The maximum Gasteiger partial charge on any atom is 0.255 e. The van der Waals surface area contributed by atoms with Gasteiger partial charge in [-0.3, -0.25) is 9.59 Å². The second kappa shape index (κ2) is 5.72. The van der Waals surface area contributed by atoms with Crippen molar-refractivity contribution < 1.29 is 9.59 Å². The Morgan fingerprint density at radius 1 is 1.17 bits per heavy atom. The highest BCUT2D eigenvalue weighted by Crippen LogP contribution is 2.23. The van der Waals surface area contributed by atoms with Crippen molar-refractivity contribution in [2.24, 2.45) is 5.92 Å². The van der Waals surface area contributed by atoms with E-state index >= 15 is 0 Å². The number of carbonyl (C=O) groups excluding carboxylic acids is 2. The molecule has 1 saturated heterocycles. The smallest absolute Gasteiger partial charge is 0.255 e. The van der Waals surface area contributed by atoms with Crippen LogP contribution in [-0.4, -0.2) is 29.1 Å². The van der Waals surface area contributed by atoms with Crippen LogP contribution >= 0.6 is 23.2 Å². The lowest BCUT2D eigenvalue weighted by Crippen LogP contribution is -2.39. The molecule has 0 radical (unpaired) electrons. The first kappa shape index (κ1) is 13.4. The number of piperidine rings is 1. The summed E-state index contributed by atoms with van der Waals surface area (Å²) in [7, 11) is 0. The van der Waals surface area contributed by atoms with Crippen molar-refractivity contribution in [3.05, 3.63) is 34.9 Å². The molecule has 1 fully saturated rings. The second-order valence-corrected chi connectivity index (χ2v) is 5.13. The van der Waals surface area contributed by atoms with Crippen molar-refractivity contribution in [3.63, 3.8) is 0 Å². The molecule has 0 aromatic heterocycles. The number of benzene rings is 1. The fourth-order valence-electron chi connectivity index (χ4n) is 2.11. The van der Waals surface area contributed by atoms with Crippen molar-refractivity contribution >= 4 is 34.4 Å². The molecule has 1 aliphatic heterocycles. The van der Waals surface area contributed by atoms with Crippen LogP contribution in [0.15, 0.2) is 24.3 Å². The van der Waals surface area contributed by atoms with Gasteiger partial charge in [-0.05, 0) is 36.6 Å². The molecule has 0 atom stereocenters. The van der Waals surface area contributed by atoms with Crippen LogP contribution in [0.4, 0.5) is 0 Å². The standard InChI is InChI=1S/C13H13Cl2NO2/c14-11-4-2-1-3-10(11)13(18)16-7-5-9(6-8-16)12(15)17/h1-4,9H,5-8H2. The van der Waals surface area contributed by atoms with Gasteiger partial charge in [0.25, 0.3) is 5.91 Å². The van der Waals surface area contributed by atoms with E-state index in [1.807, 2.05) is 0 Å². The maximum atomic E-state index is 12.2. The van der Waals surface area contributed by atoms with E-state index in [2.05, 4.69) is 0 Å². The van der Waals surface area contributed by atoms with E-state index < -0.39 is 0 Å². The minimum atomic E-state index is -0.306. The molecule has 0 aliphatic carbocycles. The molecule has 2 rings (SSSR count). The average Bonchev–Trinajstić information content (AvgIpc) is 2.38. The van der Waals surface area contributed by atoms with Gasteiger partial charge in [0.2, 0.25) is 5.24 Å². The lowest BCUT2D eigenvalue weighted by atomic mass is 9.98. The fourth-order valence-corrected chi connectivity index (χ4v) is 2.55. The molecule has 1 heterocycles. The van der Waals surface area contributed by atoms with Gasteiger partial charge in [-0.15, -0.1) is 0 Å². The minimum Gasteiger partial charge on any atom is -0.339 e. The van der Waals surface area contributed by atoms with Crippen molar-refractivity contribution in [2.45, 2.75) is 12.8 Å². The largest absolute Gasteiger partial charge is 0.339 e. The Morgan fingerprint density at radius 3 is 2.33 bits per heavy atom. The quantitative estimate of drug-likeness (QED) is 0.784. The predicted octanol–water partition coefficient (Wildman–Crippen LogP) is 2.96. The van der Waals surface area contributed by atoms with E-state index in [0.29, 0.717) is 36.5 Å². The first-order chi connectivity index (χ1) is 8.59. The molecule has 0 saturated carbocycles. The molecular weight excluding hydrogens is 273 g/mol. The van der Waals surface area contributed by atoms with E-state index in [9.17, 15) is 9.59 Å². The summed E-state index contributed by atoms with van der Waals surface area (Å²) in [6.07, 6.45) is 1.25. The van der Waals surface area contributed by atoms with E-state index in [0.717, 1.165) is 0 Å².